The Labute approximate surface area is 172 Å². The molecule has 0 saturated carbocycles. The summed E-state index contributed by atoms with van der Waals surface area (Å²) in [6, 6.07) is 4.84. The van der Waals surface area contributed by atoms with Gasteiger partial charge < -0.3 is 20.4 Å². The number of aromatic amines is 1. The van der Waals surface area contributed by atoms with Crippen LogP contribution in [0, 0.1) is 11.7 Å². The number of fused-ring (bicyclic) bond motifs is 1. The van der Waals surface area contributed by atoms with Gasteiger partial charge in [0.15, 0.2) is 5.96 Å². The van der Waals surface area contributed by atoms with E-state index in [1.54, 1.807) is 7.05 Å². The number of ether oxygens (including phenoxy) is 1. The van der Waals surface area contributed by atoms with Gasteiger partial charge in [0.1, 0.15) is 5.82 Å². The third-order valence-corrected chi connectivity index (χ3v) is 3.85. The molecule has 0 bridgehead atoms. The van der Waals surface area contributed by atoms with Gasteiger partial charge in [0.05, 0.1) is 0 Å². The number of H-pyrrole nitrogens is 1. The van der Waals surface area contributed by atoms with Gasteiger partial charge >= 0.3 is 0 Å². The minimum absolute atomic E-state index is 0. The molecule has 0 aliphatic heterocycles. The number of guanidine groups is 1. The monoisotopic (exact) mass is 476 g/mol. The lowest BCUT2D eigenvalue weighted by atomic mass is 10.1. The number of nitrogens with one attached hydrogen (secondary N) is 3. The van der Waals surface area contributed by atoms with Crippen LogP contribution in [0.3, 0.4) is 0 Å². The lowest BCUT2D eigenvalue weighted by Gasteiger charge is -2.12. The van der Waals surface area contributed by atoms with E-state index in [-0.39, 0.29) is 29.8 Å². The molecule has 0 saturated heterocycles. The number of halogens is 2. The molecule has 0 radical (unpaired) electrons. The summed E-state index contributed by atoms with van der Waals surface area (Å²) in [6.45, 7) is 7.44. The van der Waals surface area contributed by atoms with Gasteiger partial charge in [-0.05, 0) is 42.5 Å². The molecule has 2 rings (SSSR count). The van der Waals surface area contributed by atoms with Crippen molar-refractivity contribution in [2.75, 3.05) is 33.4 Å². The molecule has 5 nitrogen and oxygen atoms in total. The predicted molar refractivity (Wildman–Crippen MR) is 117 cm³/mol. The normalized spacial score (nSPS) is 11.7. The number of rotatable bonds is 9. The topological polar surface area (TPSA) is 61.4 Å². The molecule has 1 aromatic heterocycles. The summed E-state index contributed by atoms with van der Waals surface area (Å²) >= 11 is 0. The first-order chi connectivity index (χ1) is 12.1. The first-order valence-electron chi connectivity index (χ1n) is 8.88. The SMILES string of the molecule is CN=C(NCCCOCC(C)C)NCCc1c[nH]c2cc(F)ccc12.I. The zero-order valence-electron chi connectivity index (χ0n) is 15.8. The maximum absolute atomic E-state index is 13.2. The van der Waals surface area contributed by atoms with Crippen molar-refractivity contribution in [1.82, 2.24) is 15.6 Å². The maximum atomic E-state index is 13.2. The van der Waals surface area contributed by atoms with Crippen LogP contribution in [0.4, 0.5) is 4.39 Å². The van der Waals surface area contributed by atoms with Gasteiger partial charge in [-0.3, -0.25) is 4.99 Å². The van der Waals surface area contributed by atoms with Gasteiger partial charge in [-0.1, -0.05) is 13.8 Å². The molecule has 3 N–H and O–H groups in total. The van der Waals surface area contributed by atoms with E-state index in [4.69, 9.17) is 4.74 Å². The van der Waals surface area contributed by atoms with Crippen LogP contribution in [0.2, 0.25) is 0 Å². The number of hydrogen-bond donors (Lipinski definition) is 3. The van der Waals surface area contributed by atoms with Crippen molar-refractivity contribution in [2.45, 2.75) is 26.7 Å². The van der Waals surface area contributed by atoms with E-state index in [0.29, 0.717) is 5.92 Å². The average Bonchev–Trinajstić information content (AvgIpc) is 2.98. The van der Waals surface area contributed by atoms with Gasteiger partial charge in [0.25, 0.3) is 0 Å². The molecule has 0 spiro atoms. The highest BCUT2D eigenvalue weighted by Gasteiger charge is 2.05. The quantitative estimate of drug-likeness (QED) is 0.224. The molecule has 0 amide bonds. The molecule has 146 valence electrons. The van der Waals surface area contributed by atoms with E-state index in [9.17, 15) is 4.39 Å². The second-order valence-electron chi connectivity index (χ2n) is 6.50. The zero-order valence-corrected chi connectivity index (χ0v) is 18.1. The maximum Gasteiger partial charge on any atom is 0.190 e. The fourth-order valence-corrected chi connectivity index (χ4v) is 2.60. The largest absolute Gasteiger partial charge is 0.381 e. The van der Waals surface area contributed by atoms with E-state index in [1.807, 2.05) is 12.3 Å². The molecule has 7 heteroatoms. The molecule has 0 fully saturated rings. The van der Waals surface area contributed by atoms with Gasteiger partial charge in [-0.2, -0.15) is 0 Å². The van der Waals surface area contributed by atoms with Crippen molar-refractivity contribution in [3.8, 4) is 0 Å². The van der Waals surface area contributed by atoms with E-state index in [0.717, 1.165) is 56.0 Å². The minimum atomic E-state index is -0.221. The molecule has 0 atom stereocenters. The molecule has 0 aliphatic carbocycles. The van der Waals surface area contributed by atoms with Crippen molar-refractivity contribution in [1.29, 1.82) is 0 Å². The van der Waals surface area contributed by atoms with Crippen molar-refractivity contribution < 1.29 is 9.13 Å². The predicted octanol–water partition coefficient (Wildman–Crippen LogP) is 3.70. The van der Waals surface area contributed by atoms with E-state index >= 15 is 0 Å². The van der Waals surface area contributed by atoms with E-state index in [2.05, 4.69) is 34.5 Å². The minimum Gasteiger partial charge on any atom is -0.381 e. The number of benzene rings is 1. The van der Waals surface area contributed by atoms with Crippen molar-refractivity contribution >= 4 is 40.8 Å². The van der Waals surface area contributed by atoms with Crippen molar-refractivity contribution in [2.24, 2.45) is 10.9 Å². The standard InChI is InChI=1S/C19H29FN4O.HI/c1-14(2)13-25-10-4-8-22-19(21-3)23-9-7-15-12-24-18-11-16(20)5-6-17(15)18;/h5-6,11-12,14,24H,4,7-10,13H2,1-3H3,(H2,21,22,23);1H. The average molecular weight is 476 g/mol. The van der Waals surface area contributed by atoms with Crippen molar-refractivity contribution in [3.05, 3.63) is 35.8 Å². The summed E-state index contributed by atoms with van der Waals surface area (Å²) in [5.74, 6) is 1.14. The van der Waals surface area contributed by atoms with E-state index in [1.165, 1.54) is 17.7 Å². The summed E-state index contributed by atoms with van der Waals surface area (Å²) in [7, 11) is 1.76. The lowest BCUT2D eigenvalue weighted by molar-refractivity contribution is 0.108. The molecule has 26 heavy (non-hydrogen) atoms. The Morgan fingerprint density at radius 1 is 1.27 bits per heavy atom. The summed E-state index contributed by atoms with van der Waals surface area (Å²) in [5, 5.41) is 7.65. The molecule has 0 aliphatic rings. The van der Waals surface area contributed by atoms with Gasteiger partial charge in [0.2, 0.25) is 0 Å². The Morgan fingerprint density at radius 3 is 2.77 bits per heavy atom. The van der Waals surface area contributed by atoms with E-state index < -0.39 is 0 Å². The van der Waals surface area contributed by atoms with Crippen LogP contribution in [0.1, 0.15) is 25.8 Å². The number of aromatic nitrogens is 1. The Hall–Kier alpha value is -1.35. The number of nitrogens with zero attached hydrogens (tertiary/aromatic N) is 1. The van der Waals surface area contributed by atoms with Crippen LogP contribution < -0.4 is 10.6 Å². The molecule has 1 aromatic carbocycles. The van der Waals surface area contributed by atoms with Gasteiger partial charge in [-0.25, -0.2) is 4.39 Å². The second-order valence-corrected chi connectivity index (χ2v) is 6.50. The fraction of sp³-hybridized carbons (Fsp3) is 0.526. The van der Waals surface area contributed by atoms with Crippen molar-refractivity contribution in [3.63, 3.8) is 0 Å². The van der Waals surface area contributed by atoms with Crippen LogP contribution in [-0.4, -0.2) is 44.3 Å². The Morgan fingerprint density at radius 2 is 2.04 bits per heavy atom. The first-order valence-corrected chi connectivity index (χ1v) is 8.88. The van der Waals surface area contributed by atoms with Gasteiger partial charge in [0, 0.05) is 50.5 Å². The summed E-state index contributed by atoms with van der Waals surface area (Å²) in [6.07, 6.45) is 3.72. The molecule has 0 unspecified atom stereocenters. The molecule has 2 aromatic rings. The highest BCUT2D eigenvalue weighted by molar-refractivity contribution is 14.0. The summed E-state index contributed by atoms with van der Waals surface area (Å²) in [5.41, 5.74) is 2.00. The second kappa shape index (κ2) is 12.1. The zero-order chi connectivity index (χ0) is 18.1. The summed E-state index contributed by atoms with van der Waals surface area (Å²) in [4.78, 5) is 7.34. The lowest BCUT2D eigenvalue weighted by Crippen LogP contribution is -2.39. The van der Waals surface area contributed by atoms with Gasteiger partial charge in [-0.15, -0.1) is 24.0 Å². The van der Waals surface area contributed by atoms with Crippen LogP contribution in [0.25, 0.3) is 10.9 Å². The Kier molecular flexibility index (Phi) is 10.6. The molecule has 1 heterocycles. The third-order valence-electron chi connectivity index (χ3n) is 3.85. The number of aliphatic imine (C=N–C) groups is 1. The van der Waals surface area contributed by atoms with Crippen LogP contribution >= 0.6 is 24.0 Å². The molecular weight excluding hydrogens is 446 g/mol. The van der Waals surface area contributed by atoms with Crippen LogP contribution in [-0.2, 0) is 11.2 Å². The highest BCUT2D eigenvalue weighted by atomic mass is 127. The Balaban J connectivity index is 0.00000338. The highest BCUT2D eigenvalue weighted by Crippen LogP contribution is 2.19. The third kappa shape index (κ3) is 7.49. The fourth-order valence-electron chi connectivity index (χ4n) is 2.60. The smallest absolute Gasteiger partial charge is 0.190 e. The first kappa shape index (κ1) is 22.7. The Bertz CT molecular complexity index is 687. The molecular formula is C19H30FIN4O. The van der Waals surface area contributed by atoms with Crippen LogP contribution in [0.5, 0.6) is 0 Å². The summed E-state index contributed by atoms with van der Waals surface area (Å²) < 4.78 is 18.8. The number of hydrogen-bond acceptors (Lipinski definition) is 2. The van der Waals surface area contributed by atoms with Crippen LogP contribution in [0.15, 0.2) is 29.4 Å².